The molecule has 2 amide bonds. The summed E-state index contributed by atoms with van der Waals surface area (Å²) in [5, 5.41) is 32.8. The Balaban J connectivity index is 5.51. The van der Waals surface area contributed by atoms with E-state index >= 15 is 0 Å². The van der Waals surface area contributed by atoms with E-state index in [1.54, 1.807) is 0 Å². The Kier molecular flexibility index (Phi) is 15.9. The van der Waals surface area contributed by atoms with Crippen LogP contribution in [0.5, 0.6) is 0 Å². The molecular weight excluding hydrogens is 488 g/mol. The van der Waals surface area contributed by atoms with Crippen molar-refractivity contribution in [1.82, 2.24) is 10.6 Å². The smallest absolute Gasteiger partial charge is 0.305 e. The Labute approximate surface area is 216 Å². The zero-order valence-corrected chi connectivity index (χ0v) is 21.9. The Morgan fingerprint density at radius 3 is 1.84 bits per heavy atom. The van der Waals surface area contributed by atoms with E-state index in [9.17, 15) is 38.7 Å². The Morgan fingerprint density at radius 2 is 1.38 bits per heavy atom. The number of aliphatic hydroxyl groups excluding tert-OH is 1. The standard InChI is InChI=1S/C25H40N2O10/c1-5-14(2)18(7-6-15(3)29)24(36)27-20(9-11-22(32)33)21(31)10-8-19(16(4)30)25(37)26-17(13-28)12-23(34)35/h13-14,16-20,30H,5-12H2,1-4H3,(H,26,37)(H,27,36)(H,32,33)(H,34,35)/t14-,16+,17?,18?,19?,20-/m0/s1. The zero-order chi connectivity index (χ0) is 28.7. The van der Waals surface area contributed by atoms with Crippen molar-refractivity contribution >= 4 is 41.6 Å². The third-order valence-electron chi connectivity index (χ3n) is 6.33. The molecule has 0 heterocycles. The van der Waals surface area contributed by atoms with Gasteiger partial charge in [0.2, 0.25) is 11.8 Å². The fourth-order valence-corrected chi connectivity index (χ4v) is 3.85. The number of carboxylic acid groups (broad SMARTS) is 2. The number of amides is 2. The van der Waals surface area contributed by atoms with Gasteiger partial charge in [-0.15, -0.1) is 0 Å². The van der Waals surface area contributed by atoms with Crippen LogP contribution in [0.3, 0.4) is 0 Å². The Hall–Kier alpha value is -3.15. The van der Waals surface area contributed by atoms with Crippen molar-refractivity contribution < 1.29 is 48.9 Å². The minimum atomic E-state index is -1.31. The fraction of sp³-hybridized carbons (Fsp3) is 0.720. The largest absolute Gasteiger partial charge is 0.481 e. The number of carboxylic acids is 2. The number of Topliss-reactive ketones (excluding diaryl/α,β-unsaturated/α-hetero) is 2. The van der Waals surface area contributed by atoms with E-state index in [-0.39, 0.29) is 50.1 Å². The van der Waals surface area contributed by atoms with Crippen LogP contribution in [0.25, 0.3) is 0 Å². The van der Waals surface area contributed by atoms with Crippen molar-refractivity contribution in [2.45, 2.75) is 97.2 Å². The minimum Gasteiger partial charge on any atom is -0.481 e. The second-order valence-electron chi connectivity index (χ2n) is 9.43. The minimum absolute atomic E-state index is 0.0813. The van der Waals surface area contributed by atoms with Gasteiger partial charge in [-0.2, -0.15) is 0 Å². The van der Waals surface area contributed by atoms with E-state index in [0.29, 0.717) is 6.42 Å². The number of carbonyl (C=O) groups excluding carboxylic acids is 5. The van der Waals surface area contributed by atoms with Crippen molar-refractivity contribution in [2.75, 3.05) is 0 Å². The number of nitrogens with one attached hydrogen (secondary N) is 2. The second kappa shape index (κ2) is 17.3. The second-order valence-corrected chi connectivity index (χ2v) is 9.43. The van der Waals surface area contributed by atoms with Gasteiger partial charge in [-0.25, -0.2) is 0 Å². The van der Waals surface area contributed by atoms with Gasteiger partial charge in [-0.3, -0.25) is 24.0 Å². The SMILES string of the molecule is CC[C@H](C)C(CCC(C)=O)C(=O)N[C@@H](CCC(=O)O)C(=O)CCC(C(=O)NC(C=O)CC(=O)O)[C@@H](C)O. The molecule has 0 spiro atoms. The molecule has 5 N–H and O–H groups in total. The van der Waals surface area contributed by atoms with Crippen molar-refractivity contribution in [1.29, 1.82) is 0 Å². The topological polar surface area (TPSA) is 204 Å². The number of hydrogen-bond acceptors (Lipinski definition) is 8. The number of hydrogen-bond donors (Lipinski definition) is 5. The maximum atomic E-state index is 13.0. The van der Waals surface area contributed by atoms with Crippen LogP contribution in [0.15, 0.2) is 0 Å². The van der Waals surface area contributed by atoms with Gasteiger partial charge in [0.15, 0.2) is 5.78 Å². The monoisotopic (exact) mass is 528 g/mol. The maximum Gasteiger partial charge on any atom is 0.305 e. The summed E-state index contributed by atoms with van der Waals surface area (Å²) in [6.07, 6.45) is -1.56. The maximum absolute atomic E-state index is 13.0. The van der Waals surface area contributed by atoms with Crippen molar-refractivity contribution in [3.05, 3.63) is 0 Å². The van der Waals surface area contributed by atoms with Crippen LogP contribution in [0.1, 0.15) is 79.1 Å². The predicted molar refractivity (Wildman–Crippen MR) is 131 cm³/mol. The lowest BCUT2D eigenvalue weighted by atomic mass is 9.86. The molecular formula is C25H40N2O10. The summed E-state index contributed by atoms with van der Waals surface area (Å²) >= 11 is 0. The number of ketones is 2. The summed E-state index contributed by atoms with van der Waals surface area (Å²) in [5.74, 6) is -6.17. The highest BCUT2D eigenvalue weighted by Crippen LogP contribution is 2.22. The van der Waals surface area contributed by atoms with Crippen LogP contribution in [0.4, 0.5) is 0 Å². The predicted octanol–water partition coefficient (Wildman–Crippen LogP) is 0.872. The number of aliphatic hydroxyl groups is 1. The van der Waals surface area contributed by atoms with Crippen LogP contribution in [0, 0.1) is 17.8 Å². The van der Waals surface area contributed by atoms with E-state index in [1.165, 1.54) is 13.8 Å². The first-order valence-corrected chi connectivity index (χ1v) is 12.4. The molecule has 0 rings (SSSR count). The van der Waals surface area contributed by atoms with E-state index in [0.717, 1.165) is 0 Å². The van der Waals surface area contributed by atoms with Crippen LogP contribution < -0.4 is 10.6 Å². The molecule has 37 heavy (non-hydrogen) atoms. The summed E-state index contributed by atoms with van der Waals surface area (Å²) in [6.45, 7) is 6.45. The third kappa shape index (κ3) is 13.7. The van der Waals surface area contributed by atoms with Gasteiger partial charge in [0, 0.05) is 25.2 Å². The summed E-state index contributed by atoms with van der Waals surface area (Å²) < 4.78 is 0. The molecule has 0 fully saturated rings. The molecule has 0 aliphatic carbocycles. The molecule has 0 aromatic rings. The van der Waals surface area contributed by atoms with Gasteiger partial charge >= 0.3 is 11.9 Å². The first-order valence-electron chi connectivity index (χ1n) is 12.4. The average molecular weight is 529 g/mol. The van der Waals surface area contributed by atoms with Gasteiger partial charge in [0.25, 0.3) is 0 Å². The van der Waals surface area contributed by atoms with Crippen molar-refractivity contribution in [2.24, 2.45) is 17.8 Å². The van der Waals surface area contributed by atoms with Gasteiger partial charge in [-0.05, 0) is 39.0 Å². The van der Waals surface area contributed by atoms with E-state index in [2.05, 4.69) is 10.6 Å². The highest BCUT2D eigenvalue weighted by Gasteiger charge is 2.31. The first-order chi connectivity index (χ1) is 17.2. The zero-order valence-electron chi connectivity index (χ0n) is 21.9. The molecule has 0 radical (unpaired) electrons. The van der Waals surface area contributed by atoms with Gasteiger partial charge in [0.1, 0.15) is 12.1 Å². The van der Waals surface area contributed by atoms with E-state index < -0.39 is 72.4 Å². The lowest BCUT2D eigenvalue weighted by Gasteiger charge is -2.26. The summed E-state index contributed by atoms with van der Waals surface area (Å²) in [6, 6.07) is -2.46. The molecule has 0 aromatic carbocycles. The first kappa shape index (κ1) is 33.8. The van der Waals surface area contributed by atoms with Crippen LogP contribution >= 0.6 is 0 Å². The number of aliphatic carboxylic acids is 2. The lowest BCUT2D eigenvalue weighted by molar-refractivity contribution is -0.139. The molecule has 6 atom stereocenters. The van der Waals surface area contributed by atoms with Gasteiger partial charge in [-0.1, -0.05) is 20.3 Å². The third-order valence-corrected chi connectivity index (χ3v) is 6.33. The molecule has 0 saturated heterocycles. The average Bonchev–Trinajstić information content (AvgIpc) is 2.80. The van der Waals surface area contributed by atoms with Crippen LogP contribution in [0.2, 0.25) is 0 Å². The van der Waals surface area contributed by atoms with Crippen LogP contribution in [-0.2, 0) is 33.6 Å². The van der Waals surface area contributed by atoms with Crippen molar-refractivity contribution in [3.8, 4) is 0 Å². The number of rotatable bonds is 20. The van der Waals surface area contributed by atoms with Crippen LogP contribution in [-0.4, -0.2) is 75.1 Å². The molecule has 12 heteroatoms. The van der Waals surface area contributed by atoms with E-state index in [4.69, 9.17) is 10.2 Å². The van der Waals surface area contributed by atoms with Gasteiger partial charge < -0.3 is 35.5 Å². The molecule has 0 aliphatic heterocycles. The normalized spacial score (nSPS) is 15.8. The highest BCUT2D eigenvalue weighted by molar-refractivity contribution is 5.91. The van der Waals surface area contributed by atoms with Gasteiger partial charge in [0.05, 0.1) is 30.5 Å². The molecule has 0 saturated carbocycles. The summed E-state index contributed by atoms with van der Waals surface area (Å²) in [4.78, 5) is 83.0. The number of aldehydes is 1. The molecule has 12 nitrogen and oxygen atoms in total. The highest BCUT2D eigenvalue weighted by atomic mass is 16.4. The lowest BCUT2D eigenvalue weighted by Crippen LogP contribution is -2.46. The Morgan fingerprint density at radius 1 is 0.811 bits per heavy atom. The molecule has 3 unspecified atom stereocenters. The number of carbonyl (C=O) groups is 7. The summed E-state index contributed by atoms with van der Waals surface area (Å²) in [5.41, 5.74) is 0. The molecule has 0 bridgehead atoms. The molecule has 0 aromatic heterocycles. The fourth-order valence-electron chi connectivity index (χ4n) is 3.85. The van der Waals surface area contributed by atoms with Crippen molar-refractivity contribution in [3.63, 3.8) is 0 Å². The van der Waals surface area contributed by atoms with E-state index in [1.807, 2.05) is 13.8 Å². The molecule has 210 valence electrons. The Bertz CT molecular complexity index is 826. The molecule has 0 aliphatic rings. The summed E-state index contributed by atoms with van der Waals surface area (Å²) in [7, 11) is 0. The quantitative estimate of drug-likeness (QED) is 0.141.